The zero-order valence-corrected chi connectivity index (χ0v) is 39.9. The molecule has 0 atom stereocenters. The van der Waals surface area contributed by atoms with Crippen molar-refractivity contribution in [2.24, 2.45) is 0 Å². The van der Waals surface area contributed by atoms with Gasteiger partial charge in [-0.1, -0.05) is 194 Å². The minimum absolute atomic E-state index is 0.549. The Balaban J connectivity index is 0.969. The third-order valence-electron chi connectivity index (χ3n) is 15.2. The lowest BCUT2D eigenvalue weighted by molar-refractivity contribution is 0.768. The predicted molar refractivity (Wildman–Crippen MR) is 304 cm³/mol. The normalized spacial score (nSPS) is 12.8. The summed E-state index contributed by atoms with van der Waals surface area (Å²) in [7, 11) is 0. The minimum atomic E-state index is -0.549. The lowest BCUT2D eigenvalue weighted by atomic mass is 9.67. The molecule has 3 heterocycles. The molecule has 0 N–H and O–H groups in total. The molecule has 72 heavy (non-hydrogen) atoms. The van der Waals surface area contributed by atoms with Crippen molar-refractivity contribution in [1.29, 1.82) is 0 Å². The zero-order chi connectivity index (χ0) is 47.3. The summed E-state index contributed by atoms with van der Waals surface area (Å²) in [5.41, 5.74) is 16.7. The van der Waals surface area contributed by atoms with E-state index in [1.54, 1.807) is 0 Å². The molecule has 1 aliphatic carbocycles. The SMILES string of the molecule is c1ccc(-n2c3ccccc3c3ccc(N(c4ccc(-c5nc6ccccc6c6c5ccc5c7ccccc7sc56)cc4)c4ccc5c(c4)C(c4ccccc4)(c4ccccc4)c4ccccc4-5)cc32)cc1. The summed E-state index contributed by atoms with van der Waals surface area (Å²) in [6, 6.07) is 95.9. The Kier molecular flexibility index (Phi) is 9.04. The number of aromatic nitrogens is 2. The molecular weight excluding hydrogens is 891 g/mol. The molecule has 0 spiro atoms. The summed E-state index contributed by atoms with van der Waals surface area (Å²) >= 11 is 1.88. The van der Waals surface area contributed by atoms with Crippen LogP contribution in [0.1, 0.15) is 22.3 Å². The molecule has 336 valence electrons. The highest BCUT2D eigenvalue weighted by molar-refractivity contribution is 7.26. The smallest absolute Gasteiger partial charge is 0.0788 e. The van der Waals surface area contributed by atoms with Gasteiger partial charge in [-0.2, -0.15) is 0 Å². The zero-order valence-electron chi connectivity index (χ0n) is 39.1. The molecule has 0 unspecified atom stereocenters. The van der Waals surface area contributed by atoms with E-state index in [1.807, 2.05) is 11.3 Å². The fourth-order valence-corrected chi connectivity index (χ4v) is 13.4. The topological polar surface area (TPSA) is 21.1 Å². The van der Waals surface area contributed by atoms with Crippen molar-refractivity contribution in [2.45, 2.75) is 5.41 Å². The van der Waals surface area contributed by atoms with Crippen molar-refractivity contribution in [3.05, 3.63) is 283 Å². The van der Waals surface area contributed by atoms with Crippen LogP contribution in [0.5, 0.6) is 0 Å². The van der Waals surface area contributed by atoms with Crippen LogP contribution in [-0.2, 0) is 5.41 Å². The molecule has 1 aliphatic rings. The van der Waals surface area contributed by atoms with Crippen molar-refractivity contribution >= 4 is 92.1 Å². The summed E-state index contributed by atoms with van der Waals surface area (Å²) in [5, 5.41) is 8.64. The van der Waals surface area contributed by atoms with E-state index >= 15 is 0 Å². The fraction of sp³-hybridized carbons (Fsp3) is 0.0147. The van der Waals surface area contributed by atoms with Gasteiger partial charge in [-0.15, -0.1) is 11.3 Å². The molecular formula is C68H43N3S. The standard InChI is InChI=1S/C68H43N3S/c1-4-18-45(19-5-1)68(46-20-6-2-7-21-46)59-28-14-10-24-51(59)52-38-36-49(42-60(52)68)70(50-37-39-54-53-25-12-16-30-62(53)71(63(54)43-50)47-22-8-3-9-23-47)48-34-32-44(33-35-48)66-58-41-40-56-55-26-13-17-31-64(55)72-67(56)65(58)57-27-11-15-29-61(57)69-66/h1-43H. The first-order chi connectivity index (χ1) is 35.7. The van der Waals surface area contributed by atoms with Gasteiger partial charge in [-0.05, 0) is 100 Å². The van der Waals surface area contributed by atoms with Crippen molar-refractivity contribution < 1.29 is 0 Å². The molecule has 0 saturated carbocycles. The summed E-state index contributed by atoms with van der Waals surface area (Å²) in [6.45, 7) is 0. The number of fused-ring (bicyclic) bond motifs is 13. The van der Waals surface area contributed by atoms with Crippen LogP contribution in [-0.4, -0.2) is 9.55 Å². The second kappa shape index (κ2) is 16.0. The Labute approximate surface area is 420 Å². The largest absolute Gasteiger partial charge is 0.310 e. The van der Waals surface area contributed by atoms with E-state index in [1.165, 1.54) is 80.6 Å². The minimum Gasteiger partial charge on any atom is -0.310 e. The average Bonchev–Trinajstić information content (AvgIpc) is 4.10. The van der Waals surface area contributed by atoms with Gasteiger partial charge in [0.15, 0.2) is 0 Å². The fourth-order valence-electron chi connectivity index (χ4n) is 12.2. The first-order valence-electron chi connectivity index (χ1n) is 24.7. The molecule has 11 aromatic carbocycles. The van der Waals surface area contributed by atoms with Gasteiger partial charge in [-0.25, -0.2) is 4.98 Å². The summed E-state index contributed by atoms with van der Waals surface area (Å²) in [5.74, 6) is 0. The van der Waals surface area contributed by atoms with E-state index < -0.39 is 5.41 Å². The Hall–Kier alpha value is -9.09. The van der Waals surface area contributed by atoms with Crippen LogP contribution >= 0.6 is 11.3 Å². The summed E-state index contributed by atoms with van der Waals surface area (Å²) < 4.78 is 5.02. The van der Waals surface area contributed by atoms with E-state index in [0.717, 1.165) is 50.4 Å². The monoisotopic (exact) mass is 933 g/mol. The number of para-hydroxylation sites is 3. The number of hydrogen-bond donors (Lipinski definition) is 0. The highest BCUT2D eigenvalue weighted by Gasteiger charge is 2.46. The highest BCUT2D eigenvalue weighted by Crippen LogP contribution is 2.57. The van der Waals surface area contributed by atoms with Gasteiger partial charge in [-0.3, -0.25) is 0 Å². The van der Waals surface area contributed by atoms with E-state index in [9.17, 15) is 0 Å². The predicted octanol–water partition coefficient (Wildman–Crippen LogP) is 18.4. The molecule has 3 aromatic heterocycles. The van der Waals surface area contributed by atoms with E-state index in [-0.39, 0.29) is 0 Å². The lowest BCUT2D eigenvalue weighted by Crippen LogP contribution is -2.28. The van der Waals surface area contributed by atoms with Gasteiger partial charge >= 0.3 is 0 Å². The molecule has 14 aromatic rings. The van der Waals surface area contributed by atoms with Gasteiger partial charge in [0.25, 0.3) is 0 Å². The number of benzene rings is 11. The van der Waals surface area contributed by atoms with Gasteiger partial charge in [0.2, 0.25) is 0 Å². The van der Waals surface area contributed by atoms with E-state index in [4.69, 9.17) is 4.98 Å². The van der Waals surface area contributed by atoms with Crippen molar-refractivity contribution in [2.75, 3.05) is 4.90 Å². The molecule has 3 nitrogen and oxygen atoms in total. The quantitative estimate of drug-likeness (QED) is 0.149. The maximum absolute atomic E-state index is 5.44. The third kappa shape index (κ3) is 5.94. The van der Waals surface area contributed by atoms with Crippen LogP contribution in [0, 0.1) is 0 Å². The second-order valence-electron chi connectivity index (χ2n) is 19.0. The molecule has 0 aliphatic heterocycles. The first kappa shape index (κ1) is 40.8. The van der Waals surface area contributed by atoms with Crippen molar-refractivity contribution in [3.63, 3.8) is 0 Å². The number of pyridine rings is 1. The molecule has 0 fully saturated rings. The summed E-state index contributed by atoms with van der Waals surface area (Å²) in [4.78, 5) is 7.89. The molecule has 4 heteroatoms. The summed E-state index contributed by atoms with van der Waals surface area (Å²) in [6.07, 6.45) is 0. The van der Waals surface area contributed by atoms with Gasteiger partial charge in [0.1, 0.15) is 0 Å². The van der Waals surface area contributed by atoms with E-state index in [2.05, 4.69) is 270 Å². The molecule has 0 radical (unpaired) electrons. The van der Waals surface area contributed by atoms with Crippen LogP contribution in [0.3, 0.4) is 0 Å². The van der Waals surface area contributed by atoms with Gasteiger partial charge in [0.05, 0.1) is 27.7 Å². The Morgan fingerprint density at radius 2 is 0.958 bits per heavy atom. The van der Waals surface area contributed by atoms with Crippen LogP contribution in [0.25, 0.3) is 91.7 Å². The maximum atomic E-state index is 5.44. The molecule has 0 bridgehead atoms. The van der Waals surface area contributed by atoms with Crippen LogP contribution in [0.15, 0.2) is 261 Å². The third-order valence-corrected chi connectivity index (χ3v) is 16.4. The number of anilines is 3. The van der Waals surface area contributed by atoms with Gasteiger partial charge < -0.3 is 9.47 Å². The Bertz CT molecular complexity index is 4400. The second-order valence-corrected chi connectivity index (χ2v) is 20.0. The highest BCUT2D eigenvalue weighted by atomic mass is 32.1. The van der Waals surface area contributed by atoms with E-state index in [0.29, 0.717) is 0 Å². The number of nitrogens with zero attached hydrogens (tertiary/aromatic N) is 3. The lowest BCUT2D eigenvalue weighted by Gasteiger charge is -2.35. The van der Waals surface area contributed by atoms with Crippen LogP contribution < -0.4 is 4.90 Å². The first-order valence-corrected chi connectivity index (χ1v) is 25.5. The Morgan fingerprint density at radius 3 is 1.75 bits per heavy atom. The molecule has 0 amide bonds. The Morgan fingerprint density at radius 1 is 0.389 bits per heavy atom. The number of hydrogen-bond acceptors (Lipinski definition) is 3. The average molecular weight is 934 g/mol. The molecule has 15 rings (SSSR count). The van der Waals surface area contributed by atoms with Crippen LogP contribution in [0.2, 0.25) is 0 Å². The number of rotatable bonds is 7. The van der Waals surface area contributed by atoms with Crippen molar-refractivity contribution in [3.8, 4) is 28.1 Å². The number of thiophene rings is 1. The van der Waals surface area contributed by atoms with Crippen molar-refractivity contribution in [1.82, 2.24) is 9.55 Å². The molecule has 0 saturated heterocycles. The maximum Gasteiger partial charge on any atom is 0.0788 e. The van der Waals surface area contributed by atoms with Gasteiger partial charge in [0, 0.05) is 75.4 Å². The van der Waals surface area contributed by atoms with Crippen LogP contribution in [0.4, 0.5) is 17.1 Å².